The summed E-state index contributed by atoms with van der Waals surface area (Å²) in [5.74, 6) is 1.81. The van der Waals surface area contributed by atoms with E-state index in [1.807, 2.05) is 30.8 Å². The van der Waals surface area contributed by atoms with Crippen molar-refractivity contribution in [2.75, 3.05) is 26.4 Å². The molecule has 1 aliphatic rings. The van der Waals surface area contributed by atoms with Gasteiger partial charge in [-0.25, -0.2) is 9.97 Å². The number of benzene rings is 1. The lowest BCUT2D eigenvalue weighted by atomic mass is 10.2. The van der Waals surface area contributed by atoms with E-state index in [2.05, 4.69) is 32.5 Å². The molecule has 0 radical (unpaired) electrons. The maximum atomic E-state index is 5.68. The fraction of sp³-hybridized carbons (Fsp3) is 0.421. The molecule has 1 saturated heterocycles. The summed E-state index contributed by atoms with van der Waals surface area (Å²) in [5, 5.41) is 7.36. The largest absolute Gasteiger partial charge is 0.494 e. The van der Waals surface area contributed by atoms with Crippen molar-refractivity contribution in [3.8, 4) is 16.3 Å². The van der Waals surface area contributed by atoms with Crippen molar-refractivity contribution in [1.82, 2.24) is 24.6 Å². The van der Waals surface area contributed by atoms with E-state index in [1.54, 1.807) is 17.7 Å². The Morgan fingerprint density at radius 3 is 2.89 bits per heavy atom. The van der Waals surface area contributed by atoms with Crippen molar-refractivity contribution in [2.24, 2.45) is 7.05 Å². The van der Waals surface area contributed by atoms with E-state index < -0.39 is 0 Å². The molecule has 1 atom stereocenters. The van der Waals surface area contributed by atoms with Crippen molar-refractivity contribution < 1.29 is 9.47 Å². The molecule has 0 bridgehead atoms. The van der Waals surface area contributed by atoms with Crippen LogP contribution in [0.4, 0.5) is 0 Å². The summed E-state index contributed by atoms with van der Waals surface area (Å²) >= 11 is 1.67. The topological polar surface area (TPSA) is 65.3 Å². The Bertz CT molecular complexity index is 876. The van der Waals surface area contributed by atoms with Gasteiger partial charge in [-0.05, 0) is 31.2 Å². The molecule has 2 aromatic heterocycles. The highest BCUT2D eigenvalue weighted by Gasteiger charge is 2.28. The van der Waals surface area contributed by atoms with Crippen LogP contribution in [-0.2, 0) is 18.3 Å². The molecular weight excluding hydrogens is 362 g/mol. The standard InChI is InChI=1S/C19H23N5O2S/c1-3-26-16-6-4-14(5-7-16)19-22-15(12-27-19)10-24-8-9-25-11-17(24)18-20-13-21-23(18)2/h4-7,12-13,17H,3,8-11H2,1-2H3. The summed E-state index contributed by atoms with van der Waals surface area (Å²) in [4.78, 5) is 11.6. The smallest absolute Gasteiger partial charge is 0.146 e. The highest BCUT2D eigenvalue weighted by Crippen LogP contribution is 2.28. The lowest BCUT2D eigenvalue weighted by Crippen LogP contribution is -2.40. The van der Waals surface area contributed by atoms with Crippen molar-refractivity contribution >= 4 is 11.3 Å². The molecule has 3 heterocycles. The summed E-state index contributed by atoms with van der Waals surface area (Å²) in [6.45, 7) is 5.64. The number of hydrogen-bond donors (Lipinski definition) is 0. The first-order chi connectivity index (χ1) is 13.2. The Labute approximate surface area is 162 Å². The minimum absolute atomic E-state index is 0.0990. The molecule has 1 aromatic carbocycles. The zero-order valence-electron chi connectivity index (χ0n) is 15.5. The predicted molar refractivity (Wildman–Crippen MR) is 104 cm³/mol. The summed E-state index contributed by atoms with van der Waals surface area (Å²) in [7, 11) is 1.92. The highest BCUT2D eigenvalue weighted by atomic mass is 32.1. The van der Waals surface area contributed by atoms with Gasteiger partial charge in [0.2, 0.25) is 0 Å². The van der Waals surface area contributed by atoms with E-state index in [9.17, 15) is 0 Å². The molecule has 1 unspecified atom stereocenters. The van der Waals surface area contributed by atoms with Crippen LogP contribution >= 0.6 is 11.3 Å². The van der Waals surface area contributed by atoms with Gasteiger partial charge in [-0.15, -0.1) is 11.3 Å². The maximum Gasteiger partial charge on any atom is 0.146 e. The fourth-order valence-corrected chi connectivity index (χ4v) is 4.07. The molecule has 4 rings (SSSR count). The Morgan fingerprint density at radius 2 is 2.15 bits per heavy atom. The Balaban J connectivity index is 1.48. The third-order valence-electron chi connectivity index (χ3n) is 4.61. The van der Waals surface area contributed by atoms with Gasteiger partial charge < -0.3 is 9.47 Å². The summed E-state index contributed by atoms with van der Waals surface area (Å²) in [5.41, 5.74) is 2.18. The highest BCUT2D eigenvalue weighted by molar-refractivity contribution is 7.13. The number of aromatic nitrogens is 4. The summed E-state index contributed by atoms with van der Waals surface area (Å²) < 4.78 is 13.0. The monoisotopic (exact) mass is 385 g/mol. The molecule has 8 heteroatoms. The van der Waals surface area contributed by atoms with Gasteiger partial charge in [-0.2, -0.15) is 5.10 Å². The van der Waals surface area contributed by atoms with Crippen LogP contribution in [0.2, 0.25) is 0 Å². The van der Waals surface area contributed by atoms with Gasteiger partial charge in [0, 0.05) is 31.1 Å². The average molecular weight is 385 g/mol. The van der Waals surface area contributed by atoms with E-state index in [1.165, 1.54) is 0 Å². The summed E-state index contributed by atoms with van der Waals surface area (Å²) in [6, 6.07) is 8.20. The van der Waals surface area contributed by atoms with Gasteiger partial charge in [-0.1, -0.05) is 0 Å². The van der Waals surface area contributed by atoms with E-state index in [4.69, 9.17) is 14.5 Å². The zero-order valence-corrected chi connectivity index (χ0v) is 16.4. The first kappa shape index (κ1) is 18.1. The van der Waals surface area contributed by atoms with Gasteiger partial charge in [0.25, 0.3) is 0 Å². The van der Waals surface area contributed by atoms with Crippen LogP contribution in [0.25, 0.3) is 10.6 Å². The Morgan fingerprint density at radius 1 is 1.30 bits per heavy atom. The lowest BCUT2D eigenvalue weighted by molar-refractivity contribution is -0.0176. The van der Waals surface area contributed by atoms with Gasteiger partial charge in [0.05, 0.1) is 31.6 Å². The first-order valence-electron chi connectivity index (χ1n) is 9.08. The molecule has 27 heavy (non-hydrogen) atoms. The second-order valence-electron chi connectivity index (χ2n) is 6.40. The minimum atomic E-state index is 0.0990. The number of aryl methyl sites for hydroxylation is 1. The first-order valence-corrected chi connectivity index (χ1v) is 9.96. The number of morpholine rings is 1. The van der Waals surface area contributed by atoms with Crippen LogP contribution in [0.15, 0.2) is 36.0 Å². The van der Waals surface area contributed by atoms with Gasteiger partial charge in [-0.3, -0.25) is 9.58 Å². The molecule has 0 aliphatic carbocycles. The molecule has 0 amide bonds. The SMILES string of the molecule is CCOc1ccc(-c2nc(CN3CCOCC3c3ncnn3C)cs2)cc1. The molecule has 142 valence electrons. The molecule has 0 N–H and O–H groups in total. The molecule has 7 nitrogen and oxygen atoms in total. The normalized spacial score (nSPS) is 17.9. The molecule has 3 aromatic rings. The molecule has 0 saturated carbocycles. The molecule has 1 fully saturated rings. The van der Waals surface area contributed by atoms with Crippen LogP contribution in [-0.4, -0.2) is 51.0 Å². The Hall–Kier alpha value is -2.29. The minimum Gasteiger partial charge on any atom is -0.494 e. The third kappa shape index (κ3) is 4.02. The van der Waals surface area contributed by atoms with Crippen molar-refractivity contribution in [1.29, 1.82) is 0 Å². The number of thiazole rings is 1. The molecule has 1 aliphatic heterocycles. The predicted octanol–water partition coefficient (Wildman–Crippen LogP) is 2.91. The second kappa shape index (κ2) is 8.16. The quantitative estimate of drug-likeness (QED) is 0.650. The van der Waals surface area contributed by atoms with Gasteiger partial charge in [0.1, 0.15) is 22.9 Å². The third-order valence-corrected chi connectivity index (χ3v) is 5.55. The van der Waals surface area contributed by atoms with Crippen molar-refractivity contribution in [3.05, 3.63) is 47.5 Å². The number of ether oxygens (including phenoxy) is 2. The van der Waals surface area contributed by atoms with Crippen LogP contribution in [0.1, 0.15) is 24.5 Å². The maximum absolute atomic E-state index is 5.68. The number of nitrogens with zero attached hydrogens (tertiary/aromatic N) is 5. The number of rotatable bonds is 6. The van der Waals surface area contributed by atoms with Crippen molar-refractivity contribution in [3.63, 3.8) is 0 Å². The summed E-state index contributed by atoms with van der Waals surface area (Å²) in [6.07, 6.45) is 1.59. The van der Waals surface area contributed by atoms with Crippen LogP contribution in [0, 0.1) is 0 Å². The zero-order chi connectivity index (χ0) is 18.6. The van der Waals surface area contributed by atoms with Crippen LogP contribution in [0.3, 0.4) is 0 Å². The average Bonchev–Trinajstić information content (AvgIpc) is 3.32. The van der Waals surface area contributed by atoms with E-state index in [0.717, 1.165) is 47.5 Å². The van der Waals surface area contributed by atoms with E-state index in [0.29, 0.717) is 13.2 Å². The lowest BCUT2D eigenvalue weighted by Gasteiger charge is -2.34. The second-order valence-corrected chi connectivity index (χ2v) is 7.26. The molecular formula is C19H23N5O2S. The van der Waals surface area contributed by atoms with E-state index in [-0.39, 0.29) is 6.04 Å². The van der Waals surface area contributed by atoms with Crippen LogP contribution < -0.4 is 4.74 Å². The number of hydrogen-bond acceptors (Lipinski definition) is 7. The molecule has 0 spiro atoms. The van der Waals surface area contributed by atoms with E-state index >= 15 is 0 Å². The van der Waals surface area contributed by atoms with Crippen LogP contribution in [0.5, 0.6) is 5.75 Å². The fourth-order valence-electron chi connectivity index (χ4n) is 3.25. The Kier molecular flexibility index (Phi) is 5.47. The van der Waals surface area contributed by atoms with Crippen molar-refractivity contribution in [2.45, 2.75) is 19.5 Å². The van der Waals surface area contributed by atoms with Gasteiger partial charge >= 0.3 is 0 Å². The van der Waals surface area contributed by atoms with Gasteiger partial charge in [0.15, 0.2) is 0 Å².